The van der Waals surface area contributed by atoms with Crippen molar-refractivity contribution >= 4 is 0 Å². The van der Waals surface area contributed by atoms with E-state index in [9.17, 15) is 0 Å². The van der Waals surface area contributed by atoms with Crippen LogP contribution in [0.5, 0.6) is 5.88 Å². The van der Waals surface area contributed by atoms with Crippen molar-refractivity contribution in [2.24, 2.45) is 0 Å². The van der Waals surface area contributed by atoms with Gasteiger partial charge in [0.15, 0.2) is 0 Å². The Morgan fingerprint density at radius 1 is 1.09 bits per heavy atom. The third-order valence-corrected chi connectivity index (χ3v) is 5.61. The van der Waals surface area contributed by atoms with Crippen LogP contribution in [0.4, 0.5) is 0 Å². The Kier molecular flexibility index (Phi) is 10.5. The van der Waals surface area contributed by atoms with Gasteiger partial charge in [-0.25, -0.2) is 5.26 Å². The number of hydrogen-bond acceptors (Lipinski definition) is 7. The molecule has 8 heteroatoms. The topological polar surface area (TPSA) is 78.2 Å². The molecule has 0 unspecified atom stereocenters. The molecular weight excluding hydrogens is 410 g/mol. The fraction of sp³-hybridized carbons (Fsp3) is 0.542. The van der Waals surface area contributed by atoms with Crippen LogP contribution < -0.4 is 4.74 Å². The van der Waals surface area contributed by atoms with Gasteiger partial charge in [-0.15, -0.1) is 11.0 Å². The van der Waals surface area contributed by atoms with Gasteiger partial charge in [-0.3, -0.25) is 9.58 Å². The molecule has 0 aliphatic carbocycles. The second kappa shape index (κ2) is 13.9. The van der Waals surface area contributed by atoms with E-state index in [2.05, 4.69) is 71.8 Å². The van der Waals surface area contributed by atoms with Gasteiger partial charge < -0.3 is 4.74 Å². The molecule has 1 N–H and O–H groups in total. The highest BCUT2D eigenvalue weighted by Crippen LogP contribution is 2.20. The van der Waals surface area contributed by atoms with Crippen molar-refractivity contribution in [3.05, 3.63) is 47.2 Å². The first kappa shape index (κ1) is 24.2. The predicted octanol–water partition coefficient (Wildman–Crippen LogP) is 3.80. The van der Waals surface area contributed by atoms with E-state index in [4.69, 9.17) is 9.99 Å². The fourth-order valence-corrected chi connectivity index (χ4v) is 3.97. The quantitative estimate of drug-likeness (QED) is 0.273. The number of nitrogens with zero attached hydrogens (tertiary/aromatic N) is 3. The second-order valence-electron chi connectivity index (χ2n) is 7.84. The molecule has 1 aromatic heterocycles. The number of unbranched alkanes of at least 4 members (excludes halogenated alkanes) is 1. The molecule has 8 nitrogen and oxygen atoms in total. The maximum Gasteiger partial charge on any atom is 0.232 e. The maximum absolute atomic E-state index is 7.47. The molecule has 0 bridgehead atoms. The summed E-state index contributed by atoms with van der Waals surface area (Å²) in [7, 11) is 0. The Balaban J connectivity index is 0.000000312. The van der Waals surface area contributed by atoms with Crippen LogP contribution in [0.1, 0.15) is 49.4 Å². The first-order valence-electron chi connectivity index (χ1n) is 11.3. The van der Waals surface area contributed by atoms with Crippen molar-refractivity contribution in [1.82, 2.24) is 14.7 Å². The smallest absolute Gasteiger partial charge is 0.232 e. The van der Waals surface area contributed by atoms with E-state index in [1.165, 1.54) is 49.0 Å². The molecule has 0 atom stereocenters. The zero-order valence-electron chi connectivity index (χ0n) is 18.8. The fourth-order valence-electron chi connectivity index (χ4n) is 3.97. The predicted molar refractivity (Wildman–Crippen MR) is 120 cm³/mol. The largest absolute Gasteiger partial charge is 0.477 e. The highest BCUT2D eigenvalue weighted by atomic mass is 17.6. The summed E-state index contributed by atoms with van der Waals surface area (Å²) in [5, 5.41) is 18.7. The van der Waals surface area contributed by atoms with Crippen LogP contribution >= 0.6 is 0 Å². The van der Waals surface area contributed by atoms with E-state index in [1.807, 2.05) is 0 Å². The van der Waals surface area contributed by atoms with Crippen LogP contribution in [0.3, 0.4) is 0 Å². The highest BCUT2D eigenvalue weighted by Gasteiger charge is 2.15. The standard InChI is InChI=1S/C20H27N3O.C4H6O4/c1-2-8-18-16-22(13-10-17(18)7-1)11-5-6-14-24-20-15-19-9-3-4-12-23(19)21-20;1-2-3-4-6-8-7-5/h1-2,7-8,15H,3-6,9-14,16H2;5H,4H2,1H3. The summed E-state index contributed by atoms with van der Waals surface area (Å²) in [5.41, 5.74) is 4.37. The summed E-state index contributed by atoms with van der Waals surface area (Å²) < 4.78 is 7.97. The van der Waals surface area contributed by atoms with Gasteiger partial charge in [0.25, 0.3) is 0 Å². The molecule has 1 aromatic carbocycles. The molecular formula is C24H33N3O5. The van der Waals surface area contributed by atoms with Gasteiger partial charge in [0.2, 0.25) is 5.88 Å². The number of rotatable bonds is 9. The van der Waals surface area contributed by atoms with Gasteiger partial charge in [0, 0.05) is 31.4 Å². The molecule has 32 heavy (non-hydrogen) atoms. The molecule has 174 valence electrons. The van der Waals surface area contributed by atoms with Crippen molar-refractivity contribution < 1.29 is 25.0 Å². The minimum atomic E-state index is 0.0804. The lowest BCUT2D eigenvalue weighted by Gasteiger charge is -2.28. The van der Waals surface area contributed by atoms with Crippen LogP contribution in [-0.4, -0.2) is 46.2 Å². The molecule has 0 saturated heterocycles. The zero-order chi connectivity index (χ0) is 22.4. The molecule has 0 saturated carbocycles. The van der Waals surface area contributed by atoms with Gasteiger partial charge in [-0.2, -0.15) is 4.89 Å². The average Bonchev–Trinajstić information content (AvgIpc) is 3.25. The lowest BCUT2D eigenvalue weighted by Crippen LogP contribution is -2.31. The zero-order valence-corrected chi connectivity index (χ0v) is 18.8. The Labute approximate surface area is 189 Å². The number of fused-ring (bicyclic) bond motifs is 2. The van der Waals surface area contributed by atoms with E-state index < -0.39 is 0 Å². The van der Waals surface area contributed by atoms with E-state index >= 15 is 0 Å². The van der Waals surface area contributed by atoms with Crippen molar-refractivity contribution in [2.75, 3.05) is 26.3 Å². The third-order valence-electron chi connectivity index (χ3n) is 5.61. The second-order valence-corrected chi connectivity index (χ2v) is 7.84. The van der Waals surface area contributed by atoms with Gasteiger partial charge in [-0.05, 0) is 73.2 Å². The number of benzene rings is 1. The van der Waals surface area contributed by atoms with Crippen LogP contribution in [0, 0.1) is 11.8 Å². The maximum atomic E-state index is 7.47. The molecule has 2 aliphatic rings. The number of ether oxygens (including phenoxy) is 1. The average molecular weight is 444 g/mol. The SMILES string of the molecule is CC#CCOOOO.c1ccc2c(c1)CCN(CCCCOc1cc3n(n1)CCCC3)C2. The van der Waals surface area contributed by atoms with E-state index in [0.29, 0.717) is 0 Å². The molecule has 0 spiro atoms. The summed E-state index contributed by atoms with van der Waals surface area (Å²) >= 11 is 0. The number of aryl methyl sites for hydroxylation is 2. The monoisotopic (exact) mass is 443 g/mol. The Morgan fingerprint density at radius 3 is 2.78 bits per heavy atom. The first-order chi connectivity index (χ1) is 15.8. The minimum absolute atomic E-state index is 0.0804. The van der Waals surface area contributed by atoms with Crippen LogP contribution in [-0.2, 0) is 40.9 Å². The van der Waals surface area contributed by atoms with Crippen molar-refractivity contribution in [2.45, 2.75) is 58.5 Å². The normalized spacial score (nSPS) is 14.9. The molecule has 4 rings (SSSR count). The summed E-state index contributed by atoms with van der Waals surface area (Å²) in [6, 6.07) is 11.0. The molecule has 0 radical (unpaired) electrons. The van der Waals surface area contributed by atoms with Crippen LogP contribution in [0.25, 0.3) is 0 Å². The first-order valence-corrected chi connectivity index (χ1v) is 11.3. The molecule has 0 amide bonds. The molecule has 3 heterocycles. The van der Waals surface area contributed by atoms with Crippen molar-refractivity contribution in [3.8, 4) is 17.7 Å². The van der Waals surface area contributed by atoms with Crippen LogP contribution in [0.2, 0.25) is 0 Å². The Bertz CT molecular complexity index is 851. The molecule has 2 aliphatic heterocycles. The van der Waals surface area contributed by atoms with Crippen molar-refractivity contribution in [1.29, 1.82) is 0 Å². The molecule has 2 aromatic rings. The summed E-state index contributed by atoms with van der Waals surface area (Å²) in [4.78, 5) is 6.64. The van der Waals surface area contributed by atoms with Gasteiger partial charge in [0.1, 0.15) is 6.61 Å². The van der Waals surface area contributed by atoms with Crippen LogP contribution in [0.15, 0.2) is 30.3 Å². The van der Waals surface area contributed by atoms with Gasteiger partial charge >= 0.3 is 0 Å². The van der Waals surface area contributed by atoms with Crippen molar-refractivity contribution in [3.63, 3.8) is 0 Å². The van der Waals surface area contributed by atoms with Gasteiger partial charge in [-0.1, -0.05) is 30.2 Å². The van der Waals surface area contributed by atoms with Gasteiger partial charge in [0.05, 0.1) is 6.61 Å². The Hall–Kier alpha value is -2.41. The summed E-state index contributed by atoms with van der Waals surface area (Å²) in [5.74, 6) is 5.85. The summed E-state index contributed by atoms with van der Waals surface area (Å²) in [6.45, 7) is 7.02. The highest BCUT2D eigenvalue weighted by molar-refractivity contribution is 5.29. The van der Waals surface area contributed by atoms with E-state index in [1.54, 1.807) is 6.92 Å². The molecule has 0 fully saturated rings. The lowest BCUT2D eigenvalue weighted by atomic mass is 10.00. The Morgan fingerprint density at radius 2 is 1.97 bits per heavy atom. The van der Waals surface area contributed by atoms with E-state index in [0.717, 1.165) is 45.0 Å². The minimum Gasteiger partial charge on any atom is -0.477 e. The lowest BCUT2D eigenvalue weighted by molar-refractivity contribution is -0.620. The number of aromatic nitrogens is 2. The third kappa shape index (κ3) is 7.93. The van der Waals surface area contributed by atoms with E-state index in [-0.39, 0.29) is 6.61 Å². The number of hydrogen-bond donors (Lipinski definition) is 1. The summed E-state index contributed by atoms with van der Waals surface area (Å²) in [6.07, 6.45) is 7.15.